The Morgan fingerprint density at radius 1 is 1.04 bits per heavy atom. The number of fused-ring (bicyclic) bond motifs is 1. The summed E-state index contributed by atoms with van der Waals surface area (Å²) >= 11 is 0. The minimum absolute atomic E-state index is 0.200. The average Bonchev–Trinajstić information content (AvgIpc) is 2.68. The van der Waals surface area contributed by atoms with Crippen molar-refractivity contribution in [3.05, 3.63) is 18.2 Å². The summed E-state index contributed by atoms with van der Waals surface area (Å²) in [5.41, 5.74) is 0. The van der Waals surface area contributed by atoms with Gasteiger partial charge in [-0.05, 0) is 12.1 Å². The Labute approximate surface area is 156 Å². The van der Waals surface area contributed by atoms with E-state index in [-0.39, 0.29) is 43.1 Å². The Kier molecular flexibility index (Phi) is 8.17. The van der Waals surface area contributed by atoms with E-state index in [1.165, 1.54) is 19.2 Å². The van der Waals surface area contributed by atoms with E-state index in [0.29, 0.717) is 32.1 Å². The number of methoxy groups -OCH3 is 1. The van der Waals surface area contributed by atoms with E-state index in [9.17, 15) is 14.4 Å². The number of nitrogens with one attached hydrogen (secondary N) is 2. The molecule has 0 aliphatic carbocycles. The molecule has 0 unspecified atom stereocenters. The third-order valence-electron chi connectivity index (χ3n) is 3.35. The van der Waals surface area contributed by atoms with Gasteiger partial charge in [-0.2, -0.15) is 0 Å². The van der Waals surface area contributed by atoms with Gasteiger partial charge in [0.2, 0.25) is 0 Å². The maximum atomic E-state index is 11.8. The third kappa shape index (κ3) is 7.40. The molecule has 0 saturated carbocycles. The third-order valence-corrected chi connectivity index (χ3v) is 3.35. The zero-order valence-electron chi connectivity index (χ0n) is 14.9. The Bertz CT molecular complexity index is 664. The van der Waals surface area contributed by atoms with Crippen LogP contribution in [0.4, 0.5) is 0 Å². The summed E-state index contributed by atoms with van der Waals surface area (Å²) < 4.78 is 26.0. The van der Waals surface area contributed by atoms with Crippen molar-refractivity contribution in [2.45, 2.75) is 0 Å². The Balaban J connectivity index is 2.10. The molecule has 0 bridgehead atoms. The summed E-state index contributed by atoms with van der Waals surface area (Å²) in [5, 5.41) is 5.29. The molecule has 0 radical (unpaired) electrons. The van der Waals surface area contributed by atoms with Crippen LogP contribution in [0, 0.1) is 0 Å². The van der Waals surface area contributed by atoms with Crippen LogP contribution in [-0.2, 0) is 23.9 Å². The van der Waals surface area contributed by atoms with Crippen LogP contribution in [0.5, 0.6) is 17.2 Å². The van der Waals surface area contributed by atoms with Crippen molar-refractivity contribution in [1.82, 2.24) is 10.6 Å². The zero-order valence-corrected chi connectivity index (χ0v) is 14.9. The number of carbonyl (C=O) groups is 3. The number of ether oxygens (including phenoxy) is 5. The predicted octanol–water partition coefficient (Wildman–Crippen LogP) is -0.741. The predicted molar refractivity (Wildman–Crippen MR) is 91.8 cm³/mol. The Morgan fingerprint density at radius 2 is 1.67 bits per heavy atom. The summed E-state index contributed by atoms with van der Waals surface area (Å²) in [6.07, 6.45) is 0. The number of hydrogen-bond acceptors (Lipinski definition) is 8. The maximum Gasteiger partial charge on any atom is 0.343 e. The number of rotatable bonds is 3. The van der Waals surface area contributed by atoms with Crippen molar-refractivity contribution in [3.63, 3.8) is 0 Å². The van der Waals surface area contributed by atoms with Crippen LogP contribution in [0.3, 0.4) is 0 Å². The fraction of sp³-hybridized carbons (Fsp3) is 0.471. The molecule has 2 N–H and O–H groups in total. The van der Waals surface area contributed by atoms with Crippen LogP contribution in [-0.4, -0.2) is 71.0 Å². The van der Waals surface area contributed by atoms with Gasteiger partial charge >= 0.3 is 5.97 Å². The fourth-order valence-electron chi connectivity index (χ4n) is 2.03. The van der Waals surface area contributed by atoms with Gasteiger partial charge in [0.25, 0.3) is 11.8 Å². The number of amides is 2. The molecular formula is C17H22N2O8. The zero-order chi connectivity index (χ0) is 19.5. The molecule has 1 aliphatic heterocycles. The summed E-state index contributed by atoms with van der Waals surface area (Å²) in [7, 11) is 1.25. The highest BCUT2D eigenvalue weighted by Crippen LogP contribution is 2.31. The van der Waals surface area contributed by atoms with Crippen molar-refractivity contribution in [1.29, 1.82) is 0 Å². The number of esters is 1. The van der Waals surface area contributed by atoms with Crippen LogP contribution in [0.2, 0.25) is 0 Å². The van der Waals surface area contributed by atoms with Gasteiger partial charge in [0, 0.05) is 19.2 Å². The summed E-state index contributed by atoms with van der Waals surface area (Å²) in [5.74, 6) is -0.421. The molecular weight excluding hydrogens is 360 g/mol. The number of benzene rings is 1. The van der Waals surface area contributed by atoms with Gasteiger partial charge in [-0.15, -0.1) is 0 Å². The van der Waals surface area contributed by atoms with Crippen LogP contribution in [0.1, 0.15) is 0 Å². The van der Waals surface area contributed by atoms with Crippen molar-refractivity contribution in [3.8, 4) is 17.2 Å². The molecule has 0 atom stereocenters. The highest BCUT2D eigenvalue weighted by atomic mass is 16.6. The molecule has 1 heterocycles. The van der Waals surface area contributed by atoms with Crippen LogP contribution >= 0.6 is 0 Å². The molecule has 148 valence electrons. The van der Waals surface area contributed by atoms with Gasteiger partial charge in [-0.1, -0.05) is 0 Å². The van der Waals surface area contributed by atoms with Crippen molar-refractivity contribution >= 4 is 17.8 Å². The SMILES string of the molecule is COC(=O)COc1ccc2c(c1)OCC(=O)NCCOCCNC(=O)CO2. The smallest absolute Gasteiger partial charge is 0.343 e. The lowest BCUT2D eigenvalue weighted by Crippen LogP contribution is -2.33. The molecule has 10 nitrogen and oxygen atoms in total. The minimum atomic E-state index is -0.540. The van der Waals surface area contributed by atoms with E-state index in [1.807, 2.05) is 0 Å². The number of hydrogen-bond donors (Lipinski definition) is 2. The molecule has 0 spiro atoms. The van der Waals surface area contributed by atoms with E-state index in [1.54, 1.807) is 6.07 Å². The van der Waals surface area contributed by atoms with Gasteiger partial charge < -0.3 is 34.3 Å². The lowest BCUT2D eigenvalue weighted by Gasteiger charge is -2.14. The molecule has 1 aromatic carbocycles. The molecule has 2 amide bonds. The molecule has 1 aliphatic rings. The molecule has 1 aromatic rings. The van der Waals surface area contributed by atoms with E-state index >= 15 is 0 Å². The maximum absolute atomic E-state index is 11.8. The minimum Gasteiger partial charge on any atom is -0.482 e. The first kappa shape index (κ1) is 20.3. The molecule has 0 aromatic heterocycles. The highest BCUT2D eigenvalue weighted by molar-refractivity contribution is 5.78. The second-order valence-electron chi connectivity index (χ2n) is 5.36. The highest BCUT2D eigenvalue weighted by Gasteiger charge is 2.13. The molecule has 27 heavy (non-hydrogen) atoms. The largest absolute Gasteiger partial charge is 0.482 e. The molecule has 10 heteroatoms. The first-order chi connectivity index (χ1) is 13.1. The second kappa shape index (κ2) is 10.9. The van der Waals surface area contributed by atoms with Gasteiger partial charge in [0.15, 0.2) is 31.3 Å². The van der Waals surface area contributed by atoms with E-state index in [4.69, 9.17) is 18.9 Å². The van der Waals surface area contributed by atoms with Gasteiger partial charge in [-0.25, -0.2) is 4.79 Å². The fourth-order valence-corrected chi connectivity index (χ4v) is 2.03. The number of carbonyl (C=O) groups excluding carboxylic acids is 3. The summed E-state index contributed by atoms with van der Waals surface area (Å²) in [4.78, 5) is 34.8. The van der Waals surface area contributed by atoms with Crippen molar-refractivity contribution in [2.75, 3.05) is 53.2 Å². The lowest BCUT2D eigenvalue weighted by atomic mass is 10.3. The molecule has 0 fully saturated rings. The van der Waals surface area contributed by atoms with E-state index < -0.39 is 5.97 Å². The van der Waals surface area contributed by atoms with Crippen molar-refractivity contribution < 1.29 is 38.1 Å². The second-order valence-corrected chi connectivity index (χ2v) is 5.36. The standard InChI is InChI=1S/C17H22N2O8/c1-23-17(22)11-25-12-2-3-13-14(8-12)27-10-16(21)19-5-7-24-6-4-18-15(20)9-26-13/h2-3,8H,4-7,9-11H2,1H3,(H,18,20)(H,19,21). The summed E-state index contributed by atoms with van der Waals surface area (Å²) in [6, 6.07) is 4.53. The van der Waals surface area contributed by atoms with E-state index in [0.717, 1.165) is 0 Å². The molecule has 0 saturated heterocycles. The summed E-state index contributed by atoms with van der Waals surface area (Å²) in [6.45, 7) is 0.532. The topological polar surface area (TPSA) is 121 Å². The van der Waals surface area contributed by atoms with E-state index in [2.05, 4.69) is 15.4 Å². The monoisotopic (exact) mass is 382 g/mol. The van der Waals surface area contributed by atoms with Gasteiger partial charge in [0.1, 0.15) is 5.75 Å². The average molecular weight is 382 g/mol. The van der Waals surface area contributed by atoms with Gasteiger partial charge in [-0.3, -0.25) is 9.59 Å². The van der Waals surface area contributed by atoms with Crippen LogP contribution in [0.15, 0.2) is 18.2 Å². The van der Waals surface area contributed by atoms with Crippen LogP contribution < -0.4 is 24.8 Å². The lowest BCUT2D eigenvalue weighted by molar-refractivity contribution is -0.143. The molecule has 2 rings (SSSR count). The quantitative estimate of drug-likeness (QED) is 0.656. The first-order valence-electron chi connectivity index (χ1n) is 8.29. The van der Waals surface area contributed by atoms with Crippen LogP contribution in [0.25, 0.3) is 0 Å². The first-order valence-corrected chi connectivity index (χ1v) is 8.29. The Morgan fingerprint density at radius 3 is 2.30 bits per heavy atom. The normalized spacial score (nSPS) is 16.2. The van der Waals surface area contributed by atoms with Gasteiger partial charge in [0.05, 0.1) is 20.3 Å². The Hall–Kier alpha value is -3.01. The van der Waals surface area contributed by atoms with Crippen molar-refractivity contribution in [2.24, 2.45) is 0 Å².